The zero-order chi connectivity index (χ0) is 11.5. The Labute approximate surface area is 98.8 Å². The molecule has 0 spiro atoms. The minimum Gasteiger partial charge on any atom is -0.465 e. The van der Waals surface area contributed by atoms with E-state index in [1.165, 1.54) is 7.11 Å². The minimum absolute atomic E-state index is 0.301. The van der Waals surface area contributed by atoms with Crippen molar-refractivity contribution < 1.29 is 9.53 Å². The molecule has 0 saturated carbocycles. The number of ether oxygens (including phenoxy) is 1. The molecule has 2 aromatic rings. The lowest BCUT2D eigenvalue weighted by atomic mass is 10.00. The molecule has 0 aliphatic carbocycles. The molecule has 3 heteroatoms. The second-order valence-electron chi connectivity index (χ2n) is 3.45. The molecule has 16 heavy (non-hydrogen) atoms. The van der Waals surface area contributed by atoms with E-state index in [0.29, 0.717) is 11.4 Å². The molecule has 0 saturated heterocycles. The van der Waals surface area contributed by atoms with E-state index >= 15 is 0 Å². The van der Waals surface area contributed by atoms with E-state index in [1.54, 1.807) is 0 Å². The second kappa shape index (κ2) is 4.54. The van der Waals surface area contributed by atoms with Crippen LogP contribution in [0.2, 0.25) is 0 Å². The number of carbonyl (C=O) groups excluding carboxylic acids is 1. The molecule has 0 aliphatic rings. The maximum atomic E-state index is 11.7. The number of hydrogen-bond acceptors (Lipinski definition) is 2. The van der Waals surface area contributed by atoms with Gasteiger partial charge in [0.05, 0.1) is 12.7 Å². The summed E-state index contributed by atoms with van der Waals surface area (Å²) in [6, 6.07) is 11.5. The summed E-state index contributed by atoms with van der Waals surface area (Å²) in [6.45, 7) is 0. The number of hydrogen-bond donors (Lipinski definition) is 0. The van der Waals surface area contributed by atoms with E-state index in [2.05, 4.69) is 0 Å². The Morgan fingerprint density at radius 2 is 2.00 bits per heavy atom. The van der Waals surface area contributed by atoms with Gasteiger partial charge in [0, 0.05) is 5.88 Å². The van der Waals surface area contributed by atoms with Crippen molar-refractivity contribution in [1.82, 2.24) is 0 Å². The van der Waals surface area contributed by atoms with Gasteiger partial charge in [-0.2, -0.15) is 0 Å². The highest BCUT2D eigenvalue weighted by molar-refractivity contribution is 6.18. The van der Waals surface area contributed by atoms with Crippen LogP contribution < -0.4 is 0 Å². The van der Waals surface area contributed by atoms with Gasteiger partial charge in [-0.3, -0.25) is 0 Å². The van der Waals surface area contributed by atoms with Crippen LogP contribution in [0.15, 0.2) is 36.4 Å². The van der Waals surface area contributed by atoms with Crippen LogP contribution in [-0.2, 0) is 10.6 Å². The predicted molar refractivity (Wildman–Crippen MR) is 64.8 cm³/mol. The van der Waals surface area contributed by atoms with E-state index in [9.17, 15) is 4.79 Å². The summed E-state index contributed by atoms with van der Waals surface area (Å²) in [4.78, 5) is 11.7. The first kappa shape index (κ1) is 11.0. The smallest absolute Gasteiger partial charge is 0.338 e. The molecule has 2 rings (SSSR count). The molecule has 0 fully saturated rings. The lowest BCUT2D eigenvalue weighted by Gasteiger charge is -2.09. The van der Waals surface area contributed by atoms with Gasteiger partial charge in [0.25, 0.3) is 0 Å². The van der Waals surface area contributed by atoms with Crippen molar-refractivity contribution in [3.05, 3.63) is 47.5 Å². The molecule has 0 radical (unpaired) electrons. The van der Waals surface area contributed by atoms with Crippen LogP contribution in [0.3, 0.4) is 0 Å². The normalized spacial score (nSPS) is 10.4. The molecular formula is C13H11ClO2. The first-order chi connectivity index (χ1) is 7.77. The Bertz CT molecular complexity index is 534. The summed E-state index contributed by atoms with van der Waals surface area (Å²) in [7, 11) is 1.38. The molecule has 0 amide bonds. The number of methoxy groups -OCH3 is 1. The van der Waals surface area contributed by atoms with Crippen LogP contribution >= 0.6 is 11.6 Å². The summed E-state index contributed by atoms with van der Waals surface area (Å²) in [5, 5.41) is 1.89. The topological polar surface area (TPSA) is 26.3 Å². The first-order valence-electron chi connectivity index (χ1n) is 4.93. The highest BCUT2D eigenvalue weighted by atomic mass is 35.5. The highest BCUT2D eigenvalue weighted by Gasteiger charge is 2.14. The average molecular weight is 235 g/mol. The summed E-state index contributed by atoms with van der Waals surface area (Å²) < 4.78 is 4.79. The van der Waals surface area contributed by atoms with E-state index in [-0.39, 0.29) is 5.97 Å². The molecule has 2 aromatic carbocycles. The van der Waals surface area contributed by atoms with E-state index < -0.39 is 0 Å². The molecule has 0 unspecified atom stereocenters. The maximum absolute atomic E-state index is 11.7. The van der Waals surface area contributed by atoms with Gasteiger partial charge in [-0.05, 0) is 16.3 Å². The third kappa shape index (κ3) is 1.76. The van der Waals surface area contributed by atoms with Crippen LogP contribution in [-0.4, -0.2) is 13.1 Å². The van der Waals surface area contributed by atoms with E-state index in [0.717, 1.165) is 16.3 Å². The van der Waals surface area contributed by atoms with Gasteiger partial charge in [0.2, 0.25) is 0 Å². The van der Waals surface area contributed by atoms with Crippen LogP contribution in [0.5, 0.6) is 0 Å². The Kier molecular flexibility index (Phi) is 3.11. The van der Waals surface area contributed by atoms with Crippen LogP contribution in [0, 0.1) is 0 Å². The number of benzene rings is 2. The average Bonchev–Trinajstić information content (AvgIpc) is 2.36. The molecule has 2 nitrogen and oxygen atoms in total. The van der Waals surface area contributed by atoms with Gasteiger partial charge in [-0.25, -0.2) is 4.79 Å². The fourth-order valence-corrected chi connectivity index (χ4v) is 1.99. The van der Waals surface area contributed by atoms with E-state index in [1.807, 2.05) is 36.4 Å². The fraction of sp³-hybridized carbons (Fsp3) is 0.154. The number of halogens is 1. The Balaban J connectivity index is 2.78. The van der Waals surface area contributed by atoms with Gasteiger partial charge in [0.1, 0.15) is 0 Å². The van der Waals surface area contributed by atoms with Crippen LogP contribution in [0.25, 0.3) is 10.8 Å². The number of carbonyl (C=O) groups is 1. The van der Waals surface area contributed by atoms with Crippen LogP contribution in [0.4, 0.5) is 0 Å². The quantitative estimate of drug-likeness (QED) is 0.588. The number of fused-ring (bicyclic) bond motifs is 1. The van der Waals surface area contributed by atoms with Crippen molar-refractivity contribution in [2.75, 3.05) is 7.11 Å². The lowest BCUT2D eigenvalue weighted by molar-refractivity contribution is 0.0602. The molecule has 0 heterocycles. The predicted octanol–water partition coefficient (Wildman–Crippen LogP) is 3.37. The van der Waals surface area contributed by atoms with Crippen LogP contribution in [0.1, 0.15) is 15.9 Å². The molecule has 0 bridgehead atoms. The first-order valence-corrected chi connectivity index (χ1v) is 5.46. The lowest BCUT2D eigenvalue weighted by Crippen LogP contribution is -2.05. The number of esters is 1. The summed E-state index contributed by atoms with van der Waals surface area (Å²) >= 11 is 5.83. The van der Waals surface area contributed by atoms with Gasteiger partial charge in [-0.15, -0.1) is 11.6 Å². The number of alkyl halides is 1. The van der Waals surface area contributed by atoms with Gasteiger partial charge in [0.15, 0.2) is 0 Å². The molecule has 0 N–H and O–H groups in total. The highest BCUT2D eigenvalue weighted by Crippen LogP contribution is 2.24. The van der Waals surface area contributed by atoms with Crippen molar-refractivity contribution in [2.24, 2.45) is 0 Å². The second-order valence-corrected chi connectivity index (χ2v) is 3.71. The molecule has 82 valence electrons. The van der Waals surface area contributed by atoms with Crippen molar-refractivity contribution in [1.29, 1.82) is 0 Å². The molecule has 0 aromatic heterocycles. The third-order valence-electron chi connectivity index (χ3n) is 2.55. The van der Waals surface area contributed by atoms with Crippen molar-refractivity contribution in [2.45, 2.75) is 5.88 Å². The summed E-state index contributed by atoms with van der Waals surface area (Å²) in [5.41, 5.74) is 1.36. The van der Waals surface area contributed by atoms with Gasteiger partial charge < -0.3 is 4.74 Å². The molecule has 0 aliphatic heterocycles. The largest absolute Gasteiger partial charge is 0.465 e. The monoisotopic (exact) mass is 234 g/mol. The Morgan fingerprint density at radius 3 is 2.69 bits per heavy atom. The number of rotatable bonds is 2. The standard InChI is InChI=1S/C13H11ClO2/c1-16-13(15)12-10(8-14)7-6-9-4-2-3-5-11(9)12/h2-7H,8H2,1H3. The van der Waals surface area contributed by atoms with Gasteiger partial charge in [-0.1, -0.05) is 36.4 Å². The minimum atomic E-state index is -0.340. The SMILES string of the molecule is COC(=O)c1c(CCl)ccc2ccccc12. The molecule has 0 atom stereocenters. The van der Waals surface area contributed by atoms with E-state index in [4.69, 9.17) is 16.3 Å². The van der Waals surface area contributed by atoms with Crippen molar-refractivity contribution in [3.8, 4) is 0 Å². The maximum Gasteiger partial charge on any atom is 0.338 e. The zero-order valence-corrected chi connectivity index (χ0v) is 9.62. The molecular weight excluding hydrogens is 224 g/mol. The Hall–Kier alpha value is -1.54. The summed E-state index contributed by atoms with van der Waals surface area (Å²) in [6.07, 6.45) is 0. The Morgan fingerprint density at radius 1 is 1.25 bits per heavy atom. The van der Waals surface area contributed by atoms with Crippen molar-refractivity contribution >= 4 is 28.3 Å². The third-order valence-corrected chi connectivity index (χ3v) is 2.84. The fourth-order valence-electron chi connectivity index (χ4n) is 1.77. The van der Waals surface area contributed by atoms with Crippen molar-refractivity contribution in [3.63, 3.8) is 0 Å². The zero-order valence-electron chi connectivity index (χ0n) is 8.87. The van der Waals surface area contributed by atoms with Gasteiger partial charge >= 0.3 is 5.97 Å². The summed E-state index contributed by atoms with van der Waals surface area (Å²) in [5.74, 6) is -0.0395.